The van der Waals surface area contributed by atoms with Crippen molar-refractivity contribution in [2.75, 3.05) is 21.3 Å². The molecular weight excluding hydrogens is 420 g/mol. The van der Waals surface area contributed by atoms with Gasteiger partial charge in [0, 0.05) is 5.56 Å². The van der Waals surface area contributed by atoms with Gasteiger partial charge in [-0.15, -0.1) is 0 Å². The Kier molecular flexibility index (Phi) is 7.61. The van der Waals surface area contributed by atoms with Crippen molar-refractivity contribution in [2.45, 2.75) is 20.5 Å². The average molecular weight is 449 g/mol. The van der Waals surface area contributed by atoms with E-state index < -0.39 is 5.78 Å². The number of rotatable bonds is 9. The lowest BCUT2D eigenvalue weighted by atomic mass is 9.98. The molecule has 33 heavy (non-hydrogen) atoms. The maximum atomic E-state index is 13.0. The Labute approximate surface area is 194 Å². The summed E-state index contributed by atoms with van der Waals surface area (Å²) in [5, 5.41) is 10.6. The molecule has 3 aromatic rings. The van der Waals surface area contributed by atoms with Crippen LogP contribution in [0.25, 0.3) is 6.08 Å². The molecule has 3 aromatic carbocycles. The van der Waals surface area contributed by atoms with Gasteiger partial charge in [-0.3, -0.25) is 4.79 Å². The molecule has 0 fully saturated rings. The van der Waals surface area contributed by atoms with Crippen molar-refractivity contribution in [1.82, 2.24) is 0 Å². The minimum absolute atomic E-state index is 0.0588. The predicted octanol–water partition coefficient (Wildman–Crippen LogP) is 5.51. The maximum absolute atomic E-state index is 13.0. The standard InChI is InChI=1S/C27H28O6/c1-17-18(2)27(32-5)25(29)24(26(17)31-4)21(28)13-11-19-12-14-22(23(15-19)30-3)33-16-20-9-7-6-8-10-20/h6-15,29H,16H2,1-5H3/b13-11+. The van der Waals surface area contributed by atoms with Gasteiger partial charge < -0.3 is 24.1 Å². The normalized spacial score (nSPS) is 10.8. The van der Waals surface area contributed by atoms with E-state index in [2.05, 4.69) is 0 Å². The second-order valence-electron chi connectivity index (χ2n) is 7.42. The largest absolute Gasteiger partial charge is 0.504 e. The Balaban J connectivity index is 1.85. The van der Waals surface area contributed by atoms with E-state index in [1.807, 2.05) is 43.3 Å². The van der Waals surface area contributed by atoms with E-state index in [0.717, 1.165) is 16.7 Å². The predicted molar refractivity (Wildman–Crippen MR) is 128 cm³/mol. The van der Waals surface area contributed by atoms with Crippen LogP contribution in [0.15, 0.2) is 54.6 Å². The third-order valence-electron chi connectivity index (χ3n) is 5.43. The first-order chi connectivity index (χ1) is 15.9. The highest BCUT2D eigenvalue weighted by Gasteiger charge is 2.24. The minimum Gasteiger partial charge on any atom is -0.504 e. The van der Waals surface area contributed by atoms with Gasteiger partial charge in [0.1, 0.15) is 17.9 Å². The fraction of sp³-hybridized carbons (Fsp3) is 0.222. The fourth-order valence-corrected chi connectivity index (χ4v) is 3.56. The molecule has 0 radical (unpaired) electrons. The number of hydrogen-bond donors (Lipinski definition) is 1. The number of carbonyl (C=O) groups excluding carboxylic acids is 1. The molecule has 0 saturated heterocycles. The fourth-order valence-electron chi connectivity index (χ4n) is 3.56. The maximum Gasteiger partial charge on any atom is 0.193 e. The quantitative estimate of drug-likeness (QED) is 0.344. The summed E-state index contributed by atoms with van der Waals surface area (Å²) in [4.78, 5) is 13.0. The van der Waals surface area contributed by atoms with Crippen molar-refractivity contribution < 1.29 is 28.8 Å². The molecule has 0 amide bonds. The Morgan fingerprint density at radius 3 is 2.18 bits per heavy atom. The number of methoxy groups -OCH3 is 3. The lowest BCUT2D eigenvalue weighted by Crippen LogP contribution is -2.05. The molecule has 172 valence electrons. The molecule has 0 aliphatic rings. The number of benzene rings is 3. The van der Waals surface area contributed by atoms with E-state index in [1.165, 1.54) is 20.3 Å². The smallest absolute Gasteiger partial charge is 0.193 e. The lowest BCUT2D eigenvalue weighted by Gasteiger charge is -2.17. The number of allylic oxidation sites excluding steroid dienone is 1. The van der Waals surface area contributed by atoms with Gasteiger partial charge >= 0.3 is 0 Å². The highest BCUT2D eigenvalue weighted by Crippen LogP contribution is 2.43. The summed E-state index contributed by atoms with van der Waals surface area (Å²) in [6.07, 6.45) is 3.03. The van der Waals surface area contributed by atoms with Crippen LogP contribution < -0.4 is 18.9 Å². The summed E-state index contributed by atoms with van der Waals surface area (Å²) in [5.41, 5.74) is 3.28. The Hall–Kier alpha value is -3.93. The summed E-state index contributed by atoms with van der Waals surface area (Å²) in [5.74, 6) is 1.08. The van der Waals surface area contributed by atoms with Crippen molar-refractivity contribution in [3.05, 3.63) is 82.4 Å². The van der Waals surface area contributed by atoms with Crippen LogP contribution in [-0.2, 0) is 6.61 Å². The number of phenols is 1. The molecule has 0 spiro atoms. The van der Waals surface area contributed by atoms with Crippen molar-refractivity contribution >= 4 is 11.9 Å². The molecule has 6 heteroatoms. The molecule has 0 saturated carbocycles. The number of ether oxygens (including phenoxy) is 4. The van der Waals surface area contributed by atoms with E-state index in [-0.39, 0.29) is 17.1 Å². The van der Waals surface area contributed by atoms with Crippen LogP contribution in [0.4, 0.5) is 0 Å². The SMILES string of the molecule is COc1cc(/C=C/C(=O)c2c(O)c(OC)c(C)c(C)c2OC)ccc1OCc1ccccc1. The highest BCUT2D eigenvalue weighted by atomic mass is 16.5. The number of ketones is 1. The molecular formula is C27H28O6. The number of carbonyl (C=O) groups is 1. The molecule has 0 atom stereocenters. The molecule has 0 heterocycles. The molecule has 0 aromatic heterocycles. The first-order valence-corrected chi connectivity index (χ1v) is 10.4. The Bertz CT molecular complexity index is 1170. The van der Waals surface area contributed by atoms with Crippen LogP contribution in [0, 0.1) is 13.8 Å². The molecule has 1 N–H and O–H groups in total. The lowest BCUT2D eigenvalue weighted by molar-refractivity contribution is 0.104. The van der Waals surface area contributed by atoms with E-state index >= 15 is 0 Å². The zero-order valence-electron chi connectivity index (χ0n) is 19.5. The average Bonchev–Trinajstić information content (AvgIpc) is 2.84. The van der Waals surface area contributed by atoms with Crippen LogP contribution in [0.2, 0.25) is 0 Å². The zero-order chi connectivity index (χ0) is 24.0. The van der Waals surface area contributed by atoms with Crippen LogP contribution in [0.3, 0.4) is 0 Å². The van der Waals surface area contributed by atoms with E-state index in [9.17, 15) is 9.90 Å². The van der Waals surface area contributed by atoms with Crippen molar-refractivity contribution in [2.24, 2.45) is 0 Å². The summed E-state index contributed by atoms with van der Waals surface area (Å²) >= 11 is 0. The van der Waals surface area contributed by atoms with E-state index in [4.69, 9.17) is 18.9 Å². The Morgan fingerprint density at radius 1 is 0.879 bits per heavy atom. The highest BCUT2D eigenvalue weighted by molar-refractivity contribution is 6.11. The van der Waals surface area contributed by atoms with Crippen molar-refractivity contribution in [1.29, 1.82) is 0 Å². The molecule has 3 rings (SSSR count). The summed E-state index contributed by atoms with van der Waals surface area (Å²) < 4.78 is 22.1. The van der Waals surface area contributed by atoms with Gasteiger partial charge in [0.25, 0.3) is 0 Å². The van der Waals surface area contributed by atoms with Crippen LogP contribution in [0.5, 0.6) is 28.7 Å². The van der Waals surface area contributed by atoms with E-state index in [1.54, 1.807) is 32.2 Å². The monoisotopic (exact) mass is 448 g/mol. The van der Waals surface area contributed by atoms with Crippen molar-refractivity contribution in [3.63, 3.8) is 0 Å². The first-order valence-electron chi connectivity index (χ1n) is 10.4. The van der Waals surface area contributed by atoms with Gasteiger partial charge in [0.2, 0.25) is 0 Å². The number of phenolic OH excluding ortho intramolecular Hbond substituents is 1. The number of hydrogen-bond acceptors (Lipinski definition) is 6. The summed E-state index contributed by atoms with van der Waals surface area (Å²) in [7, 11) is 4.48. The van der Waals surface area contributed by atoms with Gasteiger partial charge in [-0.2, -0.15) is 0 Å². The van der Waals surface area contributed by atoms with Crippen LogP contribution in [0.1, 0.15) is 32.6 Å². The third-order valence-corrected chi connectivity index (χ3v) is 5.43. The molecule has 6 nitrogen and oxygen atoms in total. The van der Waals surface area contributed by atoms with Crippen LogP contribution in [-0.4, -0.2) is 32.2 Å². The van der Waals surface area contributed by atoms with Gasteiger partial charge in [0.05, 0.1) is 21.3 Å². The molecule has 0 aliphatic heterocycles. The second kappa shape index (κ2) is 10.6. The van der Waals surface area contributed by atoms with E-state index in [0.29, 0.717) is 29.4 Å². The van der Waals surface area contributed by atoms with Gasteiger partial charge in [0.15, 0.2) is 28.8 Å². The first kappa shape index (κ1) is 23.7. The van der Waals surface area contributed by atoms with Crippen molar-refractivity contribution in [3.8, 4) is 28.7 Å². The molecule has 0 aliphatic carbocycles. The minimum atomic E-state index is -0.408. The van der Waals surface area contributed by atoms with Gasteiger partial charge in [-0.05, 0) is 48.7 Å². The molecule has 0 bridgehead atoms. The summed E-state index contributed by atoms with van der Waals surface area (Å²) in [6.45, 7) is 4.03. The van der Waals surface area contributed by atoms with Gasteiger partial charge in [-0.1, -0.05) is 42.5 Å². The topological polar surface area (TPSA) is 74.2 Å². The third kappa shape index (κ3) is 5.12. The zero-order valence-corrected chi connectivity index (χ0v) is 19.5. The van der Waals surface area contributed by atoms with Crippen LogP contribution >= 0.6 is 0 Å². The number of aromatic hydroxyl groups is 1. The molecule has 0 unspecified atom stereocenters. The second-order valence-corrected chi connectivity index (χ2v) is 7.42. The Morgan fingerprint density at radius 2 is 1.55 bits per heavy atom. The summed E-state index contributed by atoms with van der Waals surface area (Å²) in [6, 6.07) is 15.2. The van der Waals surface area contributed by atoms with Gasteiger partial charge in [-0.25, -0.2) is 0 Å².